The van der Waals surface area contributed by atoms with Crippen molar-refractivity contribution in [3.05, 3.63) is 59.2 Å². The van der Waals surface area contributed by atoms with E-state index in [0.29, 0.717) is 0 Å². The van der Waals surface area contributed by atoms with E-state index in [9.17, 15) is 5.11 Å². The number of rotatable bonds is 3. The van der Waals surface area contributed by atoms with Crippen molar-refractivity contribution in [3.8, 4) is 5.75 Å². The Morgan fingerprint density at radius 3 is 2.57 bits per heavy atom. The van der Waals surface area contributed by atoms with Gasteiger partial charge in [-0.05, 0) is 36.6 Å². The van der Waals surface area contributed by atoms with Crippen LogP contribution < -0.4 is 9.64 Å². The second-order valence-corrected chi connectivity index (χ2v) is 5.51. The number of hydrogen-bond acceptors (Lipinski definition) is 3. The minimum absolute atomic E-state index is 0.548. The van der Waals surface area contributed by atoms with Gasteiger partial charge in [-0.2, -0.15) is 0 Å². The molecular formula is C18H21NO2. The predicted octanol–water partition coefficient (Wildman–Crippen LogP) is 3.31. The van der Waals surface area contributed by atoms with Gasteiger partial charge < -0.3 is 14.7 Å². The van der Waals surface area contributed by atoms with Crippen LogP contribution in [0.2, 0.25) is 0 Å². The zero-order valence-electron chi connectivity index (χ0n) is 12.5. The molecule has 0 amide bonds. The molecule has 0 bridgehead atoms. The Labute approximate surface area is 125 Å². The molecule has 1 aliphatic heterocycles. The first-order valence-electron chi connectivity index (χ1n) is 7.37. The number of fused-ring (bicyclic) bond motifs is 1. The standard InChI is InChI=1S/C18H21NO2/c1-13(20)18-16(8-5-9-17(18)21-2)19-11-10-14-6-3-4-7-15(14)12-19/h3-9,13,20H,10-12H2,1-2H3/t13-/m1/s1. The van der Waals surface area contributed by atoms with E-state index in [1.807, 2.05) is 12.1 Å². The summed E-state index contributed by atoms with van der Waals surface area (Å²) in [6.07, 6.45) is 0.487. The number of nitrogens with zero attached hydrogens (tertiary/aromatic N) is 1. The SMILES string of the molecule is COc1cccc(N2CCc3ccccc3C2)c1[C@@H](C)O. The maximum absolute atomic E-state index is 10.1. The topological polar surface area (TPSA) is 32.7 Å². The first-order valence-corrected chi connectivity index (χ1v) is 7.37. The highest BCUT2D eigenvalue weighted by molar-refractivity contribution is 5.61. The Morgan fingerprint density at radius 1 is 1.10 bits per heavy atom. The van der Waals surface area contributed by atoms with Gasteiger partial charge in [0.2, 0.25) is 0 Å². The third kappa shape index (κ3) is 2.61. The third-order valence-electron chi connectivity index (χ3n) is 4.15. The first kappa shape index (κ1) is 14.0. The molecule has 3 rings (SSSR count). The molecule has 3 nitrogen and oxygen atoms in total. The van der Waals surface area contributed by atoms with E-state index in [-0.39, 0.29) is 0 Å². The number of benzene rings is 2. The van der Waals surface area contributed by atoms with Crippen LogP contribution in [0.5, 0.6) is 5.75 Å². The molecule has 1 N–H and O–H groups in total. The average Bonchev–Trinajstić information content (AvgIpc) is 2.53. The lowest BCUT2D eigenvalue weighted by atomic mass is 9.97. The summed E-state index contributed by atoms with van der Waals surface area (Å²) in [5.74, 6) is 0.751. The molecule has 110 valence electrons. The lowest BCUT2D eigenvalue weighted by molar-refractivity contribution is 0.194. The van der Waals surface area contributed by atoms with Crippen LogP contribution in [0.15, 0.2) is 42.5 Å². The zero-order chi connectivity index (χ0) is 14.8. The van der Waals surface area contributed by atoms with Gasteiger partial charge >= 0.3 is 0 Å². The van der Waals surface area contributed by atoms with Gasteiger partial charge in [0, 0.05) is 24.3 Å². The molecule has 21 heavy (non-hydrogen) atoms. The minimum Gasteiger partial charge on any atom is -0.496 e. The molecule has 2 aromatic carbocycles. The molecular weight excluding hydrogens is 262 g/mol. The Morgan fingerprint density at radius 2 is 1.86 bits per heavy atom. The average molecular weight is 283 g/mol. The quantitative estimate of drug-likeness (QED) is 0.938. The fourth-order valence-electron chi connectivity index (χ4n) is 3.11. The lowest BCUT2D eigenvalue weighted by Crippen LogP contribution is -2.31. The molecule has 0 spiro atoms. The van der Waals surface area contributed by atoms with Crippen molar-refractivity contribution in [2.24, 2.45) is 0 Å². The highest BCUT2D eigenvalue weighted by Gasteiger charge is 2.22. The molecule has 0 radical (unpaired) electrons. The summed E-state index contributed by atoms with van der Waals surface area (Å²) in [6, 6.07) is 14.5. The van der Waals surface area contributed by atoms with E-state index in [0.717, 1.165) is 36.5 Å². The molecule has 0 aromatic heterocycles. The second-order valence-electron chi connectivity index (χ2n) is 5.51. The van der Waals surface area contributed by atoms with Crippen molar-refractivity contribution < 1.29 is 9.84 Å². The number of methoxy groups -OCH3 is 1. The summed E-state index contributed by atoms with van der Waals surface area (Å²) < 4.78 is 5.42. The van der Waals surface area contributed by atoms with E-state index in [4.69, 9.17) is 4.74 Å². The van der Waals surface area contributed by atoms with Crippen molar-refractivity contribution in [3.63, 3.8) is 0 Å². The minimum atomic E-state index is -0.548. The van der Waals surface area contributed by atoms with Gasteiger partial charge in [0.15, 0.2) is 0 Å². The van der Waals surface area contributed by atoms with Gasteiger partial charge in [-0.15, -0.1) is 0 Å². The van der Waals surface area contributed by atoms with E-state index < -0.39 is 6.10 Å². The summed E-state index contributed by atoms with van der Waals surface area (Å²) in [7, 11) is 1.65. The van der Waals surface area contributed by atoms with E-state index >= 15 is 0 Å². The summed E-state index contributed by atoms with van der Waals surface area (Å²) in [6.45, 7) is 3.63. The molecule has 3 heteroatoms. The summed E-state index contributed by atoms with van der Waals surface area (Å²) in [5.41, 5.74) is 4.73. The Bertz CT molecular complexity index is 637. The van der Waals surface area contributed by atoms with Crippen molar-refractivity contribution in [1.29, 1.82) is 0 Å². The summed E-state index contributed by atoms with van der Waals surface area (Å²) in [4.78, 5) is 2.33. The zero-order valence-corrected chi connectivity index (χ0v) is 12.5. The van der Waals surface area contributed by atoms with Crippen molar-refractivity contribution in [1.82, 2.24) is 0 Å². The van der Waals surface area contributed by atoms with Gasteiger partial charge in [-0.1, -0.05) is 30.3 Å². The van der Waals surface area contributed by atoms with Crippen molar-refractivity contribution >= 4 is 5.69 Å². The number of hydrogen-bond donors (Lipinski definition) is 1. The van der Waals surface area contributed by atoms with E-state index in [2.05, 4.69) is 35.2 Å². The van der Waals surface area contributed by atoms with E-state index in [1.165, 1.54) is 11.1 Å². The summed E-state index contributed by atoms with van der Waals surface area (Å²) in [5, 5.41) is 10.1. The predicted molar refractivity (Wildman–Crippen MR) is 84.8 cm³/mol. The molecule has 0 aliphatic carbocycles. The molecule has 1 heterocycles. The molecule has 1 aliphatic rings. The first-order chi connectivity index (χ1) is 10.2. The highest BCUT2D eigenvalue weighted by atomic mass is 16.5. The van der Waals surface area contributed by atoms with Gasteiger partial charge in [0.1, 0.15) is 5.75 Å². The maximum Gasteiger partial charge on any atom is 0.126 e. The third-order valence-corrected chi connectivity index (χ3v) is 4.15. The van der Waals surface area contributed by atoms with Gasteiger partial charge in [-0.3, -0.25) is 0 Å². The van der Waals surface area contributed by atoms with Crippen LogP contribution >= 0.6 is 0 Å². The normalized spacial score (nSPS) is 15.5. The molecule has 0 saturated heterocycles. The fraction of sp³-hybridized carbons (Fsp3) is 0.333. The Balaban J connectivity index is 1.99. The van der Waals surface area contributed by atoms with Gasteiger partial charge in [0.05, 0.1) is 13.2 Å². The van der Waals surface area contributed by atoms with Crippen LogP contribution in [0.1, 0.15) is 29.7 Å². The monoisotopic (exact) mass is 283 g/mol. The maximum atomic E-state index is 10.1. The number of aliphatic hydroxyl groups excluding tert-OH is 1. The van der Waals surface area contributed by atoms with Crippen molar-refractivity contribution in [2.45, 2.75) is 26.0 Å². The van der Waals surface area contributed by atoms with Crippen LogP contribution in [0.4, 0.5) is 5.69 Å². The van der Waals surface area contributed by atoms with E-state index in [1.54, 1.807) is 14.0 Å². The van der Waals surface area contributed by atoms with Crippen LogP contribution in [0.3, 0.4) is 0 Å². The molecule has 0 unspecified atom stereocenters. The number of aliphatic hydroxyl groups is 1. The number of anilines is 1. The van der Waals surface area contributed by atoms with Crippen LogP contribution in [-0.2, 0) is 13.0 Å². The molecule has 0 saturated carbocycles. The highest BCUT2D eigenvalue weighted by Crippen LogP contribution is 2.36. The van der Waals surface area contributed by atoms with Crippen LogP contribution in [-0.4, -0.2) is 18.8 Å². The molecule has 2 aromatic rings. The number of ether oxygens (including phenoxy) is 1. The Hall–Kier alpha value is -2.00. The van der Waals surface area contributed by atoms with Crippen LogP contribution in [0, 0.1) is 0 Å². The second kappa shape index (κ2) is 5.78. The Kier molecular flexibility index (Phi) is 3.84. The van der Waals surface area contributed by atoms with Crippen LogP contribution in [0.25, 0.3) is 0 Å². The largest absolute Gasteiger partial charge is 0.496 e. The van der Waals surface area contributed by atoms with Gasteiger partial charge in [0.25, 0.3) is 0 Å². The summed E-state index contributed by atoms with van der Waals surface area (Å²) >= 11 is 0. The molecule has 1 atom stereocenters. The lowest BCUT2D eigenvalue weighted by Gasteiger charge is -2.33. The molecule has 0 fully saturated rings. The van der Waals surface area contributed by atoms with Crippen molar-refractivity contribution in [2.75, 3.05) is 18.6 Å². The fourth-order valence-corrected chi connectivity index (χ4v) is 3.11. The van der Waals surface area contributed by atoms with Gasteiger partial charge in [-0.25, -0.2) is 0 Å². The smallest absolute Gasteiger partial charge is 0.126 e.